The van der Waals surface area contributed by atoms with E-state index in [0.29, 0.717) is 12.1 Å². The number of benzene rings is 1. The molecule has 28 heavy (non-hydrogen) atoms. The van der Waals surface area contributed by atoms with Crippen molar-refractivity contribution < 1.29 is 9.72 Å². The summed E-state index contributed by atoms with van der Waals surface area (Å²) < 4.78 is 1.76. The second-order valence-electron chi connectivity index (χ2n) is 6.47. The number of nitrogens with zero attached hydrogens (tertiary/aromatic N) is 5. The molecule has 0 unspecified atom stereocenters. The van der Waals surface area contributed by atoms with Crippen LogP contribution < -0.4 is 5.32 Å². The lowest BCUT2D eigenvalue weighted by atomic mass is 10.1. The zero-order valence-corrected chi connectivity index (χ0v) is 16.2. The molecule has 1 aliphatic heterocycles. The summed E-state index contributed by atoms with van der Waals surface area (Å²) in [4.78, 5) is 24.9. The minimum atomic E-state index is -0.451. The molecule has 0 aliphatic carbocycles. The number of carbonyl (C=O) groups excluding carboxylic acids is 1. The molecule has 0 radical (unpaired) electrons. The topological polar surface area (TPSA) is 106 Å². The predicted octanol–water partition coefficient (Wildman–Crippen LogP) is 2.36. The molecule has 2 heterocycles. The molecule has 1 aromatic carbocycles. The van der Waals surface area contributed by atoms with E-state index in [1.165, 1.54) is 12.1 Å². The Balaban J connectivity index is 0.00000280. The Morgan fingerprint density at radius 3 is 2.86 bits per heavy atom. The van der Waals surface area contributed by atoms with Gasteiger partial charge in [-0.1, -0.05) is 23.4 Å². The molecular formula is C18H23ClN6O3. The van der Waals surface area contributed by atoms with Crippen molar-refractivity contribution in [1.29, 1.82) is 0 Å². The maximum Gasteiger partial charge on any atom is 0.276 e. The minimum absolute atomic E-state index is 0. The molecule has 0 bridgehead atoms. The van der Waals surface area contributed by atoms with Gasteiger partial charge in [0.1, 0.15) is 0 Å². The first-order chi connectivity index (χ1) is 13.1. The SMILES string of the molecule is C=CCN(Cc1cccc([N+](=O)[O-])c1)C(=O)c1cn(C2CCNCC2)nn1.Cl. The maximum absolute atomic E-state index is 12.9. The Bertz CT molecular complexity index is 834. The summed E-state index contributed by atoms with van der Waals surface area (Å²) in [6, 6.07) is 6.49. The average molecular weight is 407 g/mol. The fourth-order valence-electron chi connectivity index (χ4n) is 3.15. The van der Waals surface area contributed by atoms with Crippen molar-refractivity contribution in [2.24, 2.45) is 0 Å². The van der Waals surface area contributed by atoms with E-state index in [-0.39, 0.29) is 42.3 Å². The first-order valence-electron chi connectivity index (χ1n) is 8.84. The van der Waals surface area contributed by atoms with E-state index in [2.05, 4.69) is 22.2 Å². The normalized spacial score (nSPS) is 14.1. The molecule has 0 saturated carbocycles. The molecule has 1 fully saturated rings. The second kappa shape index (κ2) is 9.95. The molecule has 2 aromatic rings. The van der Waals surface area contributed by atoms with Gasteiger partial charge < -0.3 is 10.2 Å². The Hall–Kier alpha value is -2.78. The highest BCUT2D eigenvalue weighted by atomic mass is 35.5. The van der Waals surface area contributed by atoms with Crippen LogP contribution in [0.5, 0.6) is 0 Å². The van der Waals surface area contributed by atoms with Crippen LogP contribution >= 0.6 is 12.4 Å². The number of carbonyl (C=O) groups is 1. The highest BCUT2D eigenvalue weighted by Crippen LogP contribution is 2.19. The van der Waals surface area contributed by atoms with Crippen LogP contribution in [0.15, 0.2) is 43.1 Å². The predicted molar refractivity (Wildman–Crippen MR) is 106 cm³/mol. The zero-order valence-electron chi connectivity index (χ0n) is 15.4. The van der Waals surface area contributed by atoms with Gasteiger partial charge in [0, 0.05) is 25.2 Å². The largest absolute Gasteiger partial charge is 0.329 e. The van der Waals surface area contributed by atoms with Gasteiger partial charge in [0.2, 0.25) is 0 Å². The standard InChI is InChI=1S/C18H22N6O3.ClH/c1-2-10-22(12-14-4-3-5-16(11-14)24(26)27)18(25)17-13-23(21-20-17)15-6-8-19-9-7-15;/h2-5,11,13,15,19H,1,6-10,12H2;1H. The first kappa shape index (κ1) is 21.5. The van der Waals surface area contributed by atoms with Gasteiger partial charge in [-0.25, -0.2) is 4.68 Å². The number of hydrogen-bond donors (Lipinski definition) is 1. The third-order valence-corrected chi connectivity index (χ3v) is 4.54. The van der Waals surface area contributed by atoms with Crippen molar-refractivity contribution >= 4 is 24.0 Å². The maximum atomic E-state index is 12.9. The Morgan fingerprint density at radius 1 is 1.43 bits per heavy atom. The summed E-state index contributed by atoms with van der Waals surface area (Å²) in [6.45, 7) is 6.07. The number of hydrogen-bond acceptors (Lipinski definition) is 6. The van der Waals surface area contributed by atoms with Crippen LogP contribution in [0.4, 0.5) is 5.69 Å². The Kier molecular flexibility index (Phi) is 7.65. The quantitative estimate of drug-likeness (QED) is 0.429. The molecule has 9 nitrogen and oxygen atoms in total. The van der Waals surface area contributed by atoms with Crippen molar-refractivity contribution in [2.45, 2.75) is 25.4 Å². The van der Waals surface area contributed by atoms with Crippen molar-refractivity contribution in [1.82, 2.24) is 25.2 Å². The van der Waals surface area contributed by atoms with Crippen LogP contribution in [0, 0.1) is 10.1 Å². The number of aromatic nitrogens is 3. The van der Waals surface area contributed by atoms with Gasteiger partial charge in [-0.2, -0.15) is 0 Å². The van der Waals surface area contributed by atoms with Gasteiger partial charge in [0.25, 0.3) is 11.6 Å². The van der Waals surface area contributed by atoms with Crippen LogP contribution in [0.3, 0.4) is 0 Å². The summed E-state index contributed by atoms with van der Waals surface area (Å²) >= 11 is 0. The van der Waals surface area contributed by atoms with Crippen LogP contribution in [-0.4, -0.2) is 50.4 Å². The third-order valence-electron chi connectivity index (χ3n) is 4.54. The van der Waals surface area contributed by atoms with Gasteiger partial charge in [-0.3, -0.25) is 14.9 Å². The molecule has 0 spiro atoms. The highest BCUT2D eigenvalue weighted by Gasteiger charge is 2.22. The number of halogens is 1. The van der Waals surface area contributed by atoms with Gasteiger partial charge in [-0.15, -0.1) is 24.1 Å². The van der Waals surface area contributed by atoms with E-state index in [9.17, 15) is 14.9 Å². The summed E-state index contributed by atoms with van der Waals surface area (Å²) in [5.41, 5.74) is 0.932. The van der Waals surface area contributed by atoms with Crippen LogP contribution in [0.1, 0.15) is 34.9 Å². The number of piperidine rings is 1. The second-order valence-corrected chi connectivity index (χ2v) is 6.47. The van der Waals surface area contributed by atoms with E-state index in [1.807, 2.05) is 0 Å². The Morgan fingerprint density at radius 2 is 2.18 bits per heavy atom. The van der Waals surface area contributed by atoms with Crippen LogP contribution in [0.2, 0.25) is 0 Å². The molecule has 3 rings (SSSR count). The fourth-order valence-corrected chi connectivity index (χ4v) is 3.15. The van der Waals surface area contributed by atoms with Gasteiger partial charge >= 0.3 is 0 Å². The van der Waals surface area contributed by atoms with E-state index >= 15 is 0 Å². The lowest BCUT2D eigenvalue weighted by molar-refractivity contribution is -0.384. The number of rotatable bonds is 7. The van der Waals surface area contributed by atoms with Crippen molar-refractivity contribution in [3.05, 3.63) is 64.5 Å². The molecule has 1 amide bonds. The lowest BCUT2D eigenvalue weighted by Gasteiger charge is -2.22. The lowest BCUT2D eigenvalue weighted by Crippen LogP contribution is -2.31. The number of amides is 1. The zero-order chi connectivity index (χ0) is 19.2. The van der Waals surface area contributed by atoms with Crippen molar-refractivity contribution in [3.8, 4) is 0 Å². The molecule has 1 aromatic heterocycles. The molecule has 1 aliphatic rings. The highest BCUT2D eigenvalue weighted by molar-refractivity contribution is 5.92. The molecule has 1 N–H and O–H groups in total. The van der Waals surface area contributed by atoms with Crippen molar-refractivity contribution in [3.63, 3.8) is 0 Å². The summed E-state index contributed by atoms with van der Waals surface area (Å²) in [5, 5.41) is 22.4. The van der Waals surface area contributed by atoms with Gasteiger partial charge in [-0.05, 0) is 31.5 Å². The Labute approximate surface area is 169 Å². The number of nitrogens with one attached hydrogen (secondary N) is 1. The number of non-ortho nitro benzene ring substituents is 1. The van der Waals surface area contributed by atoms with E-state index in [1.54, 1.807) is 34.0 Å². The van der Waals surface area contributed by atoms with E-state index < -0.39 is 4.92 Å². The molecule has 150 valence electrons. The smallest absolute Gasteiger partial charge is 0.276 e. The van der Waals surface area contributed by atoms with Gasteiger partial charge in [0.15, 0.2) is 5.69 Å². The summed E-state index contributed by atoms with van der Waals surface area (Å²) in [5.74, 6) is -0.276. The summed E-state index contributed by atoms with van der Waals surface area (Å²) in [6.07, 6.45) is 5.19. The van der Waals surface area contributed by atoms with Gasteiger partial charge in [0.05, 0.1) is 17.2 Å². The monoisotopic (exact) mass is 406 g/mol. The summed E-state index contributed by atoms with van der Waals surface area (Å²) in [7, 11) is 0. The fraction of sp³-hybridized carbons (Fsp3) is 0.389. The number of nitro benzene ring substituents is 1. The van der Waals surface area contributed by atoms with Crippen molar-refractivity contribution in [2.75, 3.05) is 19.6 Å². The average Bonchev–Trinajstić information content (AvgIpc) is 3.18. The third kappa shape index (κ3) is 5.14. The van der Waals surface area contributed by atoms with Crippen LogP contribution in [-0.2, 0) is 6.54 Å². The first-order valence-corrected chi connectivity index (χ1v) is 8.84. The van der Waals surface area contributed by atoms with E-state index in [4.69, 9.17) is 0 Å². The molecule has 0 atom stereocenters. The molecule has 10 heteroatoms. The minimum Gasteiger partial charge on any atom is -0.329 e. The van der Waals surface area contributed by atoms with E-state index in [0.717, 1.165) is 25.9 Å². The van der Waals surface area contributed by atoms with Crippen LogP contribution in [0.25, 0.3) is 0 Å². The molecular weight excluding hydrogens is 384 g/mol. The number of nitro groups is 1. The molecule has 1 saturated heterocycles.